The molecule has 0 aromatic rings. The van der Waals surface area contributed by atoms with Crippen molar-refractivity contribution < 1.29 is 8.42 Å². The molecule has 0 aliphatic rings. The summed E-state index contributed by atoms with van der Waals surface area (Å²) < 4.78 is 24.7. The average Bonchev–Trinajstić information content (AvgIpc) is 1.97. The molecule has 0 aliphatic heterocycles. The summed E-state index contributed by atoms with van der Waals surface area (Å²) >= 11 is 0. The number of rotatable bonds is 6. The molecule has 0 heterocycles. The van der Waals surface area contributed by atoms with Crippen molar-refractivity contribution in [1.29, 1.82) is 0 Å². The first-order valence-electron chi connectivity index (χ1n) is 4.62. The second-order valence-electron chi connectivity index (χ2n) is 3.45. The molecule has 80 valence electrons. The molecular weight excluding hydrogens is 188 g/mol. The molecular formula is C8H20N2O2S. The van der Waals surface area contributed by atoms with E-state index in [1.165, 1.54) is 4.31 Å². The minimum Gasteiger partial charge on any atom is -0.329 e. The summed E-state index contributed by atoms with van der Waals surface area (Å²) in [7, 11) is -3.08. The maximum absolute atomic E-state index is 11.6. The molecule has 0 fully saturated rings. The van der Waals surface area contributed by atoms with E-state index in [0.29, 0.717) is 19.6 Å². The zero-order valence-corrected chi connectivity index (χ0v) is 9.47. The van der Waals surface area contributed by atoms with E-state index >= 15 is 0 Å². The second kappa shape index (κ2) is 5.57. The molecule has 0 rings (SSSR count). The summed E-state index contributed by atoms with van der Waals surface area (Å²) in [5.74, 6) is 0.373. The van der Waals surface area contributed by atoms with Crippen molar-refractivity contribution in [3.63, 3.8) is 0 Å². The van der Waals surface area contributed by atoms with Crippen LogP contribution in [0.4, 0.5) is 0 Å². The Hall–Kier alpha value is -0.130. The average molecular weight is 208 g/mol. The Labute approximate surface area is 81.2 Å². The molecule has 0 saturated heterocycles. The topological polar surface area (TPSA) is 63.4 Å². The van der Waals surface area contributed by atoms with Gasteiger partial charge in [-0.2, -0.15) is 0 Å². The van der Waals surface area contributed by atoms with Crippen LogP contribution in [0.2, 0.25) is 0 Å². The highest BCUT2D eigenvalue weighted by molar-refractivity contribution is 7.89. The summed E-state index contributed by atoms with van der Waals surface area (Å²) in [6, 6.07) is 0. The zero-order valence-electron chi connectivity index (χ0n) is 8.66. The smallest absolute Gasteiger partial charge is 0.214 e. The van der Waals surface area contributed by atoms with Gasteiger partial charge in [-0.1, -0.05) is 20.8 Å². The van der Waals surface area contributed by atoms with Gasteiger partial charge in [-0.05, 0) is 5.92 Å². The van der Waals surface area contributed by atoms with E-state index in [1.54, 1.807) is 0 Å². The Kier molecular flexibility index (Phi) is 5.51. The van der Waals surface area contributed by atoms with Crippen LogP contribution >= 0.6 is 0 Å². The van der Waals surface area contributed by atoms with Crippen LogP contribution in [-0.2, 0) is 10.0 Å². The van der Waals surface area contributed by atoms with Gasteiger partial charge in [0.25, 0.3) is 0 Å². The summed E-state index contributed by atoms with van der Waals surface area (Å²) in [5.41, 5.74) is 5.33. The predicted molar refractivity (Wildman–Crippen MR) is 54.9 cm³/mol. The molecule has 0 aromatic carbocycles. The molecule has 0 atom stereocenters. The first-order valence-corrected chi connectivity index (χ1v) is 6.22. The fraction of sp³-hybridized carbons (Fsp3) is 1.00. The molecule has 5 heteroatoms. The Bertz CT molecular complexity index is 224. The van der Waals surface area contributed by atoms with E-state index in [2.05, 4.69) is 0 Å². The molecule has 0 aromatic heterocycles. The van der Waals surface area contributed by atoms with E-state index in [4.69, 9.17) is 5.73 Å². The molecule has 0 unspecified atom stereocenters. The van der Waals surface area contributed by atoms with E-state index in [9.17, 15) is 8.42 Å². The highest BCUT2D eigenvalue weighted by Gasteiger charge is 2.20. The summed E-state index contributed by atoms with van der Waals surface area (Å²) in [5, 5.41) is 0. The molecule has 0 radical (unpaired) electrons. The molecule has 0 bridgehead atoms. The van der Waals surface area contributed by atoms with Crippen LogP contribution in [0.25, 0.3) is 0 Å². The van der Waals surface area contributed by atoms with Crippen LogP contribution in [-0.4, -0.2) is 38.1 Å². The number of nitrogens with zero attached hydrogens (tertiary/aromatic N) is 1. The number of nitrogens with two attached hydrogens (primary N) is 1. The lowest BCUT2D eigenvalue weighted by molar-refractivity contribution is 0.430. The molecule has 2 N–H and O–H groups in total. The predicted octanol–water partition coefficient (Wildman–Crippen LogP) is 0.253. The van der Waals surface area contributed by atoms with Crippen LogP contribution in [0.3, 0.4) is 0 Å². The number of hydrogen-bond donors (Lipinski definition) is 1. The number of hydrogen-bond acceptors (Lipinski definition) is 3. The second-order valence-corrected chi connectivity index (χ2v) is 5.47. The monoisotopic (exact) mass is 208 g/mol. The summed E-state index contributed by atoms with van der Waals surface area (Å²) in [6.07, 6.45) is 0. The largest absolute Gasteiger partial charge is 0.329 e. The van der Waals surface area contributed by atoms with Crippen LogP contribution in [0.5, 0.6) is 0 Å². The minimum absolute atomic E-state index is 0.164. The van der Waals surface area contributed by atoms with Crippen LogP contribution in [0.1, 0.15) is 20.8 Å². The molecule has 0 spiro atoms. The highest BCUT2D eigenvalue weighted by Crippen LogP contribution is 2.05. The molecule has 0 saturated carbocycles. The Morgan fingerprint density at radius 3 is 2.23 bits per heavy atom. The maximum Gasteiger partial charge on any atom is 0.214 e. The van der Waals surface area contributed by atoms with E-state index in [0.717, 1.165) is 0 Å². The lowest BCUT2D eigenvalue weighted by atomic mass is 10.3. The van der Waals surface area contributed by atoms with Crippen molar-refractivity contribution in [2.45, 2.75) is 20.8 Å². The quantitative estimate of drug-likeness (QED) is 0.680. The van der Waals surface area contributed by atoms with Crippen molar-refractivity contribution >= 4 is 10.0 Å². The number of sulfonamides is 1. The van der Waals surface area contributed by atoms with Crippen molar-refractivity contribution in [3.8, 4) is 0 Å². The molecule has 0 amide bonds. The first kappa shape index (κ1) is 12.9. The summed E-state index contributed by atoms with van der Waals surface area (Å²) in [6.45, 7) is 6.93. The normalized spacial score (nSPS) is 12.8. The van der Waals surface area contributed by atoms with Crippen molar-refractivity contribution in [2.24, 2.45) is 11.7 Å². The maximum atomic E-state index is 11.6. The van der Waals surface area contributed by atoms with Crippen molar-refractivity contribution in [1.82, 2.24) is 4.31 Å². The number of likely N-dealkylation sites (N-methyl/N-ethyl adjacent to an activating group) is 1. The Balaban J connectivity index is 4.39. The zero-order chi connectivity index (χ0) is 10.5. The molecule has 0 aliphatic carbocycles. The Morgan fingerprint density at radius 1 is 1.38 bits per heavy atom. The van der Waals surface area contributed by atoms with Gasteiger partial charge in [-0.15, -0.1) is 0 Å². The van der Waals surface area contributed by atoms with Gasteiger partial charge in [-0.3, -0.25) is 0 Å². The van der Waals surface area contributed by atoms with E-state index in [-0.39, 0.29) is 11.7 Å². The van der Waals surface area contributed by atoms with E-state index in [1.807, 2.05) is 20.8 Å². The van der Waals surface area contributed by atoms with E-state index < -0.39 is 10.0 Å². The van der Waals surface area contributed by atoms with Crippen molar-refractivity contribution in [3.05, 3.63) is 0 Å². The SMILES string of the molecule is CCN(CCN)S(=O)(=O)CC(C)C. The van der Waals surface area contributed by atoms with Crippen molar-refractivity contribution in [2.75, 3.05) is 25.4 Å². The third-order valence-electron chi connectivity index (χ3n) is 1.67. The molecule has 13 heavy (non-hydrogen) atoms. The van der Waals surface area contributed by atoms with Gasteiger partial charge in [0.2, 0.25) is 10.0 Å². The van der Waals surface area contributed by atoms with Crippen LogP contribution in [0.15, 0.2) is 0 Å². The highest BCUT2D eigenvalue weighted by atomic mass is 32.2. The standard InChI is InChI=1S/C8H20N2O2S/c1-4-10(6-5-9)13(11,12)7-8(2)3/h8H,4-7,9H2,1-3H3. The van der Waals surface area contributed by atoms with Gasteiger partial charge in [0, 0.05) is 19.6 Å². The van der Waals surface area contributed by atoms with Crippen LogP contribution < -0.4 is 5.73 Å². The minimum atomic E-state index is -3.08. The van der Waals surface area contributed by atoms with Gasteiger partial charge in [0.1, 0.15) is 0 Å². The van der Waals surface area contributed by atoms with Gasteiger partial charge in [-0.25, -0.2) is 12.7 Å². The lowest BCUT2D eigenvalue weighted by Gasteiger charge is -2.20. The van der Waals surface area contributed by atoms with Gasteiger partial charge >= 0.3 is 0 Å². The van der Waals surface area contributed by atoms with Gasteiger partial charge < -0.3 is 5.73 Å². The summed E-state index contributed by atoms with van der Waals surface area (Å²) in [4.78, 5) is 0. The fourth-order valence-corrected chi connectivity index (χ4v) is 2.99. The Morgan fingerprint density at radius 2 is 1.92 bits per heavy atom. The van der Waals surface area contributed by atoms with Gasteiger partial charge in [0.05, 0.1) is 5.75 Å². The third kappa shape index (κ3) is 4.59. The van der Waals surface area contributed by atoms with Crippen LogP contribution in [0, 0.1) is 5.92 Å². The molecule has 4 nitrogen and oxygen atoms in total. The fourth-order valence-electron chi connectivity index (χ4n) is 1.16. The lowest BCUT2D eigenvalue weighted by Crippen LogP contribution is -2.37. The third-order valence-corrected chi connectivity index (χ3v) is 3.98. The van der Waals surface area contributed by atoms with Gasteiger partial charge in [0.15, 0.2) is 0 Å². The first-order chi connectivity index (χ1) is 5.94.